The molecule has 0 bridgehead atoms. The van der Waals surface area contributed by atoms with Crippen molar-refractivity contribution in [1.29, 1.82) is 0 Å². The highest BCUT2D eigenvalue weighted by Crippen LogP contribution is 1.97. The fraction of sp³-hybridized carbons (Fsp3) is 0.500. The normalized spacial score (nSPS) is 10.6. The van der Waals surface area contributed by atoms with Crippen molar-refractivity contribution < 1.29 is 4.79 Å². The van der Waals surface area contributed by atoms with Crippen molar-refractivity contribution >= 4 is 5.91 Å². The molecule has 0 saturated heterocycles. The predicted molar refractivity (Wildman–Crippen MR) is 69.7 cm³/mol. The van der Waals surface area contributed by atoms with Gasteiger partial charge in [0.25, 0.3) is 5.91 Å². The van der Waals surface area contributed by atoms with Gasteiger partial charge < -0.3 is 5.32 Å². The smallest absolute Gasteiger partial charge is 0.291 e. The van der Waals surface area contributed by atoms with Crippen LogP contribution >= 0.6 is 0 Å². The van der Waals surface area contributed by atoms with Gasteiger partial charge in [0.15, 0.2) is 0 Å². The number of nitrogens with one attached hydrogen (secondary N) is 2. The number of nitrogens with zero attached hydrogens (tertiary/aromatic N) is 4. The molecule has 2 rings (SSSR count). The molecule has 0 aliphatic carbocycles. The molecule has 0 spiro atoms. The quantitative estimate of drug-likeness (QED) is 0.801. The number of aryl methyl sites for hydroxylation is 2. The van der Waals surface area contributed by atoms with Crippen LogP contribution in [0, 0.1) is 6.92 Å². The average Bonchev–Trinajstić information content (AvgIpc) is 2.99. The number of carbonyl (C=O) groups is 1. The maximum absolute atomic E-state index is 11.8. The molecule has 7 nitrogen and oxygen atoms in total. The third-order valence-corrected chi connectivity index (χ3v) is 2.61. The zero-order valence-electron chi connectivity index (χ0n) is 11.2. The molecule has 0 unspecified atom stereocenters. The summed E-state index contributed by atoms with van der Waals surface area (Å²) in [5.41, 5.74) is 1.10. The number of hydrogen-bond donors (Lipinski definition) is 2. The van der Waals surface area contributed by atoms with Crippen LogP contribution in [0.3, 0.4) is 0 Å². The summed E-state index contributed by atoms with van der Waals surface area (Å²) >= 11 is 0. The van der Waals surface area contributed by atoms with Crippen LogP contribution in [-0.4, -0.2) is 37.4 Å². The number of H-pyrrole nitrogens is 1. The molecular weight excluding hydrogens is 244 g/mol. The molecule has 2 heterocycles. The lowest BCUT2D eigenvalue weighted by molar-refractivity contribution is 0.0942. The monoisotopic (exact) mass is 262 g/mol. The van der Waals surface area contributed by atoms with Crippen molar-refractivity contribution in [2.24, 2.45) is 0 Å². The van der Waals surface area contributed by atoms with Crippen LogP contribution in [0.1, 0.15) is 35.4 Å². The van der Waals surface area contributed by atoms with Crippen LogP contribution in [0.4, 0.5) is 0 Å². The van der Waals surface area contributed by atoms with Gasteiger partial charge in [0.2, 0.25) is 5.82 Å². The number of carbonyl (C=O) groups excluding carboxylic acids is 1. The number of hydrogen-bond acceptors (Lipinski definition) is 4. The second-order valence-corrected chi connectivity index (χ2v) is 4.39. The van der Waals surface area contributed by atoms with Crippen LogP contribution in [0.5, 0.6) is 0 Å². The van der Waals surface area contributed by atoms with Gasteiger partial charge in [-0.05, 0) is 18.9 Å². The zero-order valence-corrected chi connectivity index (χ0v) is 11.2. The minimum Gasteiger partial charge on any atom is -0.347 e. The second-order valence-electron chi connectivity index (χ2n) is 4.39. The molecular formula is C12H18N6O. The summed E-state index contributed by atoms with van der Waals surface area (Å²) in [7, 11) is 0. The summed E-state index contributed by atoms with van der Waals surface area (Å²) in [6, 6.07) is 0. The molecule has 2 aromatic heterocycles. The lowest BCUT2D eigenvalue weighted by atomic mass is 10.3. The first-order chi connectivity index (χ1) is 9.19. The van der Waals surface area contributed by atoms with Crippen LogP contribution in [0.2, 0.25) is 0 Å². The lowest BCUT2D eigenvalue weighted by Crippen LogP contribution is -2.28. The molecule has 0 fully saturated rings. The third kappa shape index (κ3) is 3.64. The molecule has 1 amide bonds. The Morgan fingerprint density at radius 1 is 1.53 bits per heavy atom. The zero-order chi connectivity index (χ0) is 13.7. The second kappa shape index (κ2) is 6.12. The van der Waals surface area contributed by atoms with Crippen molar-refractivity contribution in [3.05, 3.63) is 29.6 Å². The van der Waals surface area contributed by atoms with Crippen LogP contribution in [0.25, 0.3) is 0 Å². The first-order valence-corrected chi connectivity index (χ1v) is 6.37. The fourth-order valence-corrected chi connectivity index (χ4v) is 1.70. The summed E-state index contributed by atoms with van der Waals surface area (Å²) < 4.78 is 1.79. The van der Waals surface area contributed by atoms with E-state index in [0.717, 1.165) is 24.2 Å². The van der Waals surface area contributed by atoms with Gasteiger partial charge in [0.05, 0.1) is 12.7 Å². The minimum absolute atomic E-state index is 0.195. The molecule has 102 valence electrons. The molecule has 0 aliphatic rings. The van der Waals surface area contributed by atoms with E-state index in [1.54, 1.807) is 10.9 Å². The minimum atomic E-state index is -0.262. The van der Waals surface area contributed by atoms with Crippen molar-refractivity contribution in [2.75, 3.05) is 6.54 Å². The van der Waals surface area contributed by atoms with Crippen LogP contribution in [0.15, 0.2) is 12.4 Å². The van der Waals surface area contributed by atoms with Crippen molar-refractivity contribution in [1.82, 2.24) is 30.3 Å². The van der Waals surface area contributed by atoms with E-state index >= 15 is 0 Å². The lowest BCUT2D eigenvalue weighted by Gasteiger charge is -2.02. The van der Waals surface area contributed by atoms with E-state index in [1.807, 2.05) is 20.0 Å². The molecule has 0 aromatic carbocycles. The summed E-state index contributed by atoms with van der Waals surface area (Å²) in [6.07, 6.45) is 5.48. The molecule has 2 N–H and O–H groups in total. The van der Waals surface area contributed by atoms with Gasteiger partial charge in [0.1, 0.15) is 5.82 Å². The van der Waals surface area contributed by atoms with Gasteiger partial charge >= 0.3 is 0 Å². The van der Waals surface area contributed by atoms with Crippen LogP contribution < -0.4 is 5.32 Å². The van der Waals surface area contributed by atoms with Crippen LogP contribution in [-0.2, 0) is 13.0 Å². The Kier molecular flexibility index (Phi) is 4.27. The van der Waals surface area contributed by atoms with E-state index in [-0.39, 0.29) is 11.7 Å². The molecule has 0 aliphatic heterocycles. The van der Waals surface area contributed by atoms with Gasteiger partial charge in [-0.3, -0.25) is 14.6 Å². The Balaban J connectivity index is 1.80. The predicted octanol–water partition coefficient (Wildman–Crippen LogP) is 0.692. The van der Waals surface area contributed by atoms with Gasteiger partial charge in [0, 0.05) is 19.2 Å². The van der Waals surface area contributed by atoms with Gasteiger partial charge in [-0.15, -0.1) is 5.10 Å². The number of rotatable bonds is 6. The molecule has 2 aromatic rings. The highest BCUT2D eigenvalue weighted by atomic mass is 16.2. The Morgan fingerprint density at radius 3 is 3.05 bits per heavy atom. The van der Waals surface area contributed by atoms with E-state index in [0.29, 0.717) is 13.1 Å². The van der Waals surface area contributed by atoms with E-state index in [4.69, 9.17) is 0 Å². The maximum atomic E-state index is 11.8. The van der Waals surface area contributed by atoms with E-state index in [9.17, 15) is 4.79 Å². The Labute approximate surface area is 111 Å². The van der Waals surface area contributed by atoms with Gasteiger partial charge in [-0.1, -0.05) is 6.92 Å². The highest BCUT2D eigenvalue weighted by molar-refractivity contribution is 5.90. The van der Waals surface area contributed by atoms with Crippen molar-refractivity contribution in [2.45, 2.75) is 33.2 Å². The Hall–Kier alpha value is -2.18. The topological polar surface area (TPSA) is 88.5 Å². The van der Waals surface area contributed by atoms with Crippen molar-refractivity contribution in [3.8, 4) is 0 Å². The largest absolute Gasteiger partial charge is 0.347 e. The molecule has 7 heteroatoms. The maximum Gasteiger partial charge on any atom is 0.291 e. The average molecular weight is 262 g/mol. The third-order valence-electron chi connectivity index (χ3n) is 2.61. The van der Waals surface area contributed by atoms with E-state index < -0.39 is 0 Å². The molecule has 0 atom stereocenters. The van der Waals surface area contributed by atoms with Crippen molar-refractivity contribution in [3.63, 3.8) is 0 Å². The SMILES string of the molecule is CCCc1nc(C(=O)NCCn2cc(C)cn2)n[nH]1. The molecule has 19 heavy (non-hydrogen) atoms. The summed E-state index contributed by atoms with van der Waals surface area (Å²) in [5, 5.41) is 13.6. The van der Waals surface area contributed by atoms with Gasteiger partial charge in [-0.2, -0.15) is 5.10 Å². The van der Waals surface area contributed by atoms with E-state index in [1.165, 1.54) is 0 Å². The fourth-order valence-electron chi connectivity index (χ4n) is 1.70. The highest BCUT2D eigenvalue weighted by Gasteiger charge is 2.11. The Morgan fingerprint density at radius 2 is 2.37 bits per heavy atom. The summed E-state index contributed by atoms with van der Waals surface area (Å²) in [5.74, 6) is 0.679. The number of amides is 1. The summed E-state index contributed by atoms with van der Waals surface area (Å²) in [4.78, 5) is 15.9. The standard InChI is InChI=1S/C12H18N6O/c1-3-4-10-15-11(17-16-10)12(19)13-5-6-18-8-9(2)7-14-18/h7-8H,3-6H2,1-2H3,(H,13,19)(H,15,16,17). The number of aromatic nitrogens is 5. The number of aromatic amines is 1. The molecule has 0 radical (unpaired) electrons. The first-order valence-electron chi connectivity index (χ1n) is 6.37. The van der Waals surface area contributed by atoms with E-state index in [2.05, 4.69) is 25.6 Å². The first kappa shape index (κ1) is 13.3. The molecule has 0 saturated carbocycles. The van der Waals surface area contributed by atoms with Gasteiger partial charge in [-0.25, -0.2) is 4.98 Å². The summed E-state index contributed by atoms with van der Waals surface area (Å²) in [6.45, 7) is 5.16. The Bertz CT molecular complexity index is 544.